The van der Waals surface area contributed by atoms with Gasteiger partial charge in [0.15, 0.2) is 0 Å². The van der Waals surface area contributed by atoms with Crippen molar-refractivity contribution in [1.82, 2.24) is 0 Å². The molecule has 5 nitrogen and oxygen atoms in total. The second-order valence-corrected chi connectivity index (χ2v) is 1.99. The Balaban J connectivity index is 0. The van der Waals surface area contributed by atoms with E-state index in [0.717, 1.165) is 12.6 Å². The number of nitrogens with zero attached hydrogens (tertiary/aromatic N) is 1. The highest BCUT2D eigenvalue weighted by Gasteiger charge is 1.80. The van der Waals surface area contributed by atoms with Crippen LogP contribution in [0.1, 0.15) is 26.2 Å². The van der Waals surface area contributed by atoms with Crippen LogP contribution in [0.25, 0.3) is 0 Å². The van der Waals surface area contributed by atoms with E-state index in [9.17, 15) is 14.4 Å². The molecular formula is C8H14N2O3. The van der Waals surface area contributed by atoms with Crippen molar-refractivity contribution in [1.29, 1.82) is 0 Å². The SMILES string of the molecule is CC=NC(N)=O.O=CCCCC=O. The number of hydrogen-bond acceptors (Lipinski definition) is 3. The molecule has 0 aliphatic heterocycles. The molecule has 74 valence electrons. The molecule has 0 rings (SSSR count). The maximum Gasteiger partial charge on any atom is 0.337 e. The van der Waals surface area contributed by atoms with Crippen molar-refractivity contribution in [3.05, 3.63) is 0 Å². The molecule has 0 aromatic heterocycles. The summed E-state index contributed by atoms with van der Waals surface area (Å²) < 4.78 is 0. The zero-order chi connectivity index (χ0) is 10.5. The number of urea groups is 1. The van der Waals surface area contributed by atoms with Crippen LogP contribution in [0, 0.1) is 0 Å². The van der Waals surface area contributed by atoms with Crippen molar-refractivity contribution in [2.24, 2.45) is 10.7 Å². The van der Waals surface area contributed by atoms with Crippen molar-refractivity contribution >= 4 is 24.8 Å². The number of amides is 2. The molecule has 5 heteroatoms. The molecule has 0 fully saturated rings. The molecule has 0 aliphatic rings. The third-order valence-corrected chi connectivity index (χ3v) is 0.900. The van der Waals surface area contributed by atoms with Gasteiger partial charge in [0.2, 0.25) is 0 Å². The van der Waals surface area contributed by atoms with Gasteiger partial charge in [-0.15, -0.1) is 0 Å². The summed E-state index contributed by atoms with van der Waals surface area (Å²) in [7, 11) is 0. The molecule has 0 saturated carbocycles. The lowest BCUT2D eigenvalue weighted by Gasteiger charge is -1.78. The van der Waals surface area contributed by atoms with Gasteiger partial charge in [-0.25, -0.2) is 9.79 Å². The van der Waals surface area contributed by atoms with Crippen LogP contribution in [-0.4, -0.2) is 24.8 Å². The summed E-state index contributed by atoms with van der Waals surface area (Å²) in [6.45, 7) is 1.63. The van der Waals surface area contributed by atoms with Crippen LogP contribution in [0.15, 0.2) is 4.99 Å². The van der Waals surface area contributed by atoms with E-state index in [-0.39, 0.29) is 0 Å². The van der Waals surface area contributed by atoms with Gasteiger partial charge in [0, 0.05) is 19.1 Å². The number of carbonyl (C=O) groups is 3. The van der Waals surface area contributed by atoms with E-state index in [1.807, 2.05) is 0 Å². The summed E-state index contributed by atoms with van der Waals surface area (Å²) in [4.78, 5) is 31.9. The smallest absolute Gasteiger partial charge is 0.337 e. The minimum atomic E-state index is -0.641. The maximum atomic E-state index is 9.62. The first kappa shape index (κ1) is 14.0. The van der Waals surface area contributed by atoms with Crippen LogP contribution in [-0.2, 0) is 9.59 Å². The zero-order valence-electron chi connectivity index (χ0n) is 7.60. The van der Waals surface area contributed by atoms with E-state index in [4.69, 9.17) is 0 Å². The second kappa shape index (κ2) is 13.1. The molecule has 0 aromatic carbocycles. The molecule has 0 aliphatic carbocycles. The van der Waals surface area contributed by atoms with Gasteiger partial charge in [0.25, 0.3) is 0 Å². The first-order valence-electron chi connectivity index (χ1n) is 3.84. The van der Waals surface area contributed by atoms with E-state index in [0.29, 0.717) is 19.3 Å². The summed E-state index contributed by atoms with van der Waals surface area (Å²) in [6, 6.07) is -0.641. The predicted octanol–water partition coefficient (Wildman–Crippen LogP) is 0.710. The Morgan fingerprint density at radius 1 is 1.31 bits per heavy atom. The van der Waals surface area contributed by atoms with Crippen molar-refractivity contribution in [2.45, 2.75) is 26.2 Å². The average Bonchev–Trinajstić information content (AvgIpc) is 2.06. The van der Waals surface area contributed by atoms with Crippen LogP contribution < -0.4 is 5.73 Å². The number of aliphatic imine (C=N–C) groups is 1. The van der Waals surface area contributed by atoms with Gasteiger partial charge < -0.3 is 15.3 Å². The number of nitrogens with two attached hydrogens (primary N) is 1. The highest BCUT2D eigenvalue weighted by atomic mass is 16.2. The lowest BCUT2D eigenvalue weighted by Crippen LogP contribution is -2.02. The highest BCUT2D eigenvalue weighted by Crippen LogP contribution is 1.85. The van der Waals surface area contributed by atoms with Crippen molar-refractivity contribution in [3.8, 4) is 0 Å². The Hall–Kier alpha value is -1.52. The minimum absolute atomic E-state index is 0.513. The van der Waals surface area contributed by atoms with Gasteiger partial charge >= 0.3 is 6.03 Å². The van der Waals surface area contributed by atoms with Gasteiger partial charge in [-0.1, -0.05) is 0 Å². The zero-order valence-corrected chi connectivity index (χ0v) is 7.60. The lowest BCUT2D eigenvalue weighted by molar-refractivity contribution is -0.108. The van der Waals surface area contributed by atoms with E-state index >= 15 is 0 Å². The molecule has 0 heterocycles. The maximum absolute atomic E-state index is 9.62. The van der Waals surface area contributed by atoms with E-state index in [1.165, 1.54) is 6.21 Å². The Kier molecular flexibility index (Phi) is 14.1. The van der Waals surface area contributed by atoms with Gasteiger partial charge in [0.05, 0.1) is 0 Å². The van der Waals surface area contributed by atoms with Crippen LogP contribution in [0.5, 0.6) is 0 Å². The fourth-order valence-corrected chi connectivity index (χ4v) is 0.412. The van der Waals surface area contributed by atoms with Gasteiger partial charge in [-0.2, -0.15) is 0 Å². The molecule has 0 bridgehead atoms. The van der Waals surface area contributed by atoms with Crippen LogP contribution >= 0.6 is 0 Å². The summed E-state index contributed by atoms with van der Waals surface area (Å²) in [6.07, 6.45) is 4.72. The largest absolute Gasteiger partial charge is 0.350 e. The molecule has 0 spiro atoms. The van der Waals surface area contributed by atoms with E-state index in [2.05, 4.69) is 10.7 Å². The minimum Gasteiger partial charge on any atom is -0.350 e. The van der Waals surface area contributed by atoms with Gasteiger partial charge in [-0.05, 0) is 13.3 Å². The summed E-state index contributed by atoms with van der Waals surface area (Å²) >= 11 is 0. The monoisotopic (exact) mass is 186 g/mol. The molecule has 0 unspecified atom stereocenters. The molecule has 0 radical (unpaired) electrons. The van der Waals surface area contributed by atoms with Crippen LogP contribution in [0.2, 0.25) is 0 Å². The Labute approximate surface area is 77.0 Å². The second-order valence-electron chi connectivity index (χ2n) is 1.99. The quantitative estimate of drug-likeness (QED) is 0.398. The van der Waals surface area contributed by atoms with Gasteiger partial charge in [-0.3, -0.25) is 0 Å². The Morgan fingerprint density at radius 2 is 1.77 bits per heavy atom. The summed E-state index contributed by atoms with van der Waals surface area (Å²) in [5.74, 6) is 0. The lowest BCUT2D eigenvalue weighted by atomic mass is 10.3. The fourth-order valence-electron chi connectivity index (χ4n) is 0.412. The van der Waals surface area contributed by atoms with E-state index < -0.39 is 6.03 Å². The number of primary amides is 1. The third-order valence-electron chi connectivity index (χ3n) is 0.900. The molecule has 0 atom stereocenters. The van der Waals surface area contributed by atoms with Crippen LogP contribution in [0.3, 0.4) is 0 Å². The van der Waals surface area contributed by atoms with Gasteiger partial charge in [0.1, 0.15) is 12.6 Å². The number of unbranched alkanes of at least 4 members (excludes halogenated alkanes) is 2. The summed E-state index contributed by atoms with van der Waals surface area (Å²) in [5.41, 5.74) is 4.57. The first-order valence-corrected chi connectivity index (χ1v) is 3.84. The molecule has 2 N–H and O–H groups in total. The average molecular weight is 186 g/mol. The third kappa shape index (κ3) is 25.1. The normalized spacial score (nSPS) is 8.69. The molecule has 0 aromatic rings. The van der Waals surface area contributed by atoms with E-state index in [1.54, 1.807) is 6.92 Å². The molecule has 13 heavy (non-hydrogen) atoms. The number of rotatable bonds is 4. The van der Waals surface area contributed by atoms with Crippen LogP contribution in [0.4, 0.5) is 4.79 Å². The number of hydrogen-bond donors (Lipinski definition) is 1. The predicted molar refractivity (Wildman–Crippen MR) is 49.7 cm³/mol. The summed E-state index contributed by atoms with van der Waals surface area (Å²) in [5, 5.41) is 0. The fraction of sp³-hybridized carbons (Fsp3) is 0.500. The van der Waals surface area contributed by atoms with Crippen molar-refractivity contribution < 1.29 is 14.4 Å². The Morgan fingerprint density at radius 3 is 1.92 bits per heavy atom. The standard InChI is InChI=1S/C5H8O2.C3H6N2O/c6-4-2-1-3-5-7;1-2-5-3(4)6/h4-5H,1-3H2;2H,1H3,(H2,4,6). The molecule has 2 amide bonds. The van der Waals surface area contributed by atoms with Crippen molar-refractivity contribution in [3.63, 3.8) is 0 Å². The van der Waals surface area contributed by atoms with Crippen molar-refractivity contribution in [2.75, 3.05) is 0 Å². The topological polar surface area (TPSA) is 89.6 Å². The highest BCUT2D eigenvalue weighted by molar-refractivity contribution is 5.81. The molecular weight excluding hydrogens is 172 g/mol. The number of carbonyl (C=O) groups excluding carboxylic acids is 3. The Bertz CT molecular complexity index is 170. The molecule has 0 saturated heterocycles. The number of aldehydes is 2. The first-order chi connectivity index (χ1) is 6.18.